The van der Waals surface area contributed by atoms with Gasteiger partial charge in [0.05, 0.1) is 23.1 Å². The van der Waals surface area contributed by atoms with Crippen LogP contribution in [0.3, 0.4) is 0 Å². The zero-order valence-electron chi connectivity index (χ0n) is 11.0. The molecule has 7 heteroatoms. The van der Waals surface area contributed by atoms with Gasteiger partial charge in [0.1, 0.15) is 0 Å². The van der Waals surface area contributed by atoms with Crippen molar-refractivity contribution in [1.82, 2.24) is 0 Å². The van der Waals surface area contributed by atoms with E-state index in [-0.39, 0.29) is 17.0 Å². The van der Waals surface area contributed by atoms with Crippen LogP contribution < -0.4 is 4.31 Å². The van der Waals surface area contributed by atoms with Crippen molar-refractivity contribution in [1.29, 1.82) is 0 Å². The first kappa shape index (κ1) is 15.5. The summed E-state index contributed by atoms with van der Waals surface area (Å²) >= 11 is 0. The van der Waals surface area contributed by atoms with Crippen molar-refractivity contribution < 1.29 is 23.1 Å². The number of carboxylic acids is 1. The van der Waals surface area contributed by atoms with Crippen molar-refractivity contribution in [3.05, 3.63) is 29.8 Å². The zero-order chi connectivity index (χ0) is 14.6. The van der Waals surface area contributed by atoms with Crippen LogP contribution in [0.2, 0.25) is 0 Å². The lowest BCUT2D eigenvalue weighted by atomic mass is 10.2. The number of carboxylic acid groups (broad SMARTS) is 1. The van der Waals surface area contributed by atoms with E-state index in [9.17, 15) is 13.2 Å². The van der Waals surface area contributed by atoms with E-state index < -0.39 is 22.1 Å². The number of para-hydroxylation sites is 1. The monoisotopic (exact) mass is 287 g/mol. The lowest BCUT2D eigenvalue weighted by Gasteiger charge is -2.22. The summed E-state index contributed by atoms with van der Waals surface area (Å²) in [5, 5.41) is 9.06. The first-order chi connectivity index (χ1) is 8.79. The Balaban J connectivity index is 3.13. The van der Waals surface area contributed by atoms with Crippen molar-refractivity contribution in [2.45, 2.75) is 13.0 Å². The number of ether oxygens (including phenoxy) is 1. The third-order valence-corrected chi connectivity index (χ3v) is 4.66. The molecule has 0 heterocycles. The van der Waals surface area contributed by atoms with Gasteiger partial charge in [0.15, 0.2) is 0 Å². The fourth-order valence-electron chi connectivity index (χ4n) is 1.56. The molecule has 0 bridgehead atoms. The maximum Gasteiger partial charge on any atom is 0.337 e. The molecular formula is C12H17NO5S. The summed E-state index contributed by atoms with van der Waals surface area (Å²) in [6, 6.07) is 5.96. The molecule has 0 fully saturated rings. The highest BCUT2D eigenvalue weighted by atomic mass is 32.2. The van der Waals surface area contributed by atoms with Gasteiger partial charge in [-0.3, -0.25) is 4.31 Å². The molecule has 6 nitrogen and oxygen atoms in total. The van der Waals surface area contributed by atoms with Crippen LogP contribution in [0.4, 0.5) is 5.69 Å². The smallest absolute Gasteiger partial charge is 0.337 e. The molecule has 1 rings (SSSR count). The second kappa shape index (κ2) is 6.03. The van der Waals surface area contributed by atoms with Gasteiger partial charge in [-0.05, 0) is 19.1 Å². The van der Waals surface area contributed by atoms with Crippen molar-refractivity contribution in [3.63, 3.8) is 0 Å². The van der Waals surface area contributed by atoms with Gasteiger partial charge in [0.25, 0.3) is 0 Å². The highest BCUT2D eigenvalue weighted by molar-refractivity contribution is 7.92. The van der Waals surface area contributed by atoms with Crippen LogP contribution in [-0.4, -0.2) is 45.5 Å². The van der Waals surface area contributed by atoms with Gasteiger partial charge >= 0.3 is 5.97 Å². The Labute approximate surface area is 112 Å². The van der Waals surface area contributed by atoms with Crippen molar-refractivity contribution in [2.24, 2.45) is 0 Å². The van der Waals surface area contributed by atoms with E-state index in [1.807, 2.05) is 0 Å². The number of aromatic carboxylic acids is 1. The summed E-state index contributed by atoms with van der Waals surface area (Å²) in [6.07, 6.45) is -0.468. The number of methoxy groups -OCH3 is 1. The number of hydrogen-bond acceptors (Lipinski definition) is 4. The molecule has 1 unspecified atom stereocenters. The lowest BCUT2D eigenvalue weighted by Crippen LogP contribution is -2.34. The van der Waals surface area contributed by atoms with E-state index in [0.29, 0.717) is 0 Å². The van der Waals surface area contributed by atoms with Gasteiger partial charge in [0.2, 0.25) is 10.0 Å². The maximum atomic E-state index is 12.1. The zero-order valence-corrected chi connectivity index (χ0v) is 11.8. The van der Waals surface area contributed by atoms with Crippen LogP contribution in [0.25, 0.3) is 0 Å². The molecule has 1 aromatic carbocycles. The Kier molecular flexibility index (Phi) is 4.90. The summed E-state index contributed by atoms with van der Waals surface area (Å²) in [6.45, 7) is 1.63. The second-order valence-electron chi connectivity index (χ2n) is 4.11. The van der Waals surface area contributed by atoms with Crippen LogP contribution in [0.15, 0.2) is 24.3 Å². The Morgan fingerprint density at radius 2 is 2.00 bits per heavy atom. The molecule has 19 heavy (non-hydrogen) atoms. The van der Waals surface area contributed by atoms with Crippen LogP contribution in [-0.2, 0) is 14.8 Å². The third-order valence-electron chi connectivity index (χ3n) is 2.74. The van der Waals surface area contributed by atoms with E-state index in [0.717, 1.165) is 4.31 Å². The quantitative estimate of drug-likeness (QED) is 0.849. The van der Waals surface area contributed by atoms with E-state index in [4.69, 9.17) is 9.84 Å². The largest absolute Gasteiger partial charge is 0.478 e. The number of carbonyl (C=O) groups is 1. The molecule has 1 aromatic rings. The van der Waals surface area contributed by atoms with Gasteiger partial charge in [-0.2, -0.15) is 0 Å². The molecule has 1 atom stereocenters. The number of rotatable bonds is 6. The van der Waals surface area contributed by atoms with E-state index in [2.05, 4.69) is 0 Å². The minimum atomic E-state index is -3.64. The summed E-state index contributed by atoms with van der Waals surface area (Å²) in [4.78, 5) is 11.1. The molecule has 106 valence electrons. The Morgan fingerprint density at radius 1 is 1.42 bits per heavy atom. The van der Waals surface area contributed by atoms with Gasteiger partial charge in [0, 0.05) is 14.2 Å². The molecule has 0 aliphatic carbocycles. The van der Waals surface area contributed by atoms with Crippen LogP contribution >= 0.6 is 0 Å². The van der Waals surface area contributed by atoms with Crippen LogP contribution in [0.1, 0.15) is 17.3 Å². The molecule has 0 spiro atoms. The molecule has 0 aliphatic heterocycles. The molecule has 0 saturated heterocycles. The molecule has 0 saturated carbocycles. The Bertz CT molecular complexity index is 555. The van der Waals surface area contributed by atoms with Gasteiger partial charge in [-0.15, -0.1) is 0 Å². The topological polar surface area (TPSA) is 83.9 Å². The fourth-order valence-corrected chi connectivity index (χ4v) is 2.97. The Hall–Kier alpha value is -1.60. The first-order valence-corrected chi connectivity index (χ1v) is 7.22. The fraction of sp³-hybridized carbons (Fsp3) is 0.417. The molecule has 1 N–H and O–H groups in total. The highest BCUT2D eigenvalue weighted by Gasteiger charge is 2.24. The highest BCUT2D eigenvalue weighted by Crippen LogP contribution is 2.22. The predicted molar refractivity (Wildman–Crippen MR) is 72.1 cm³/mol. The van der Waals surface area contributed by atoms with E-state index in [1.165, 1.54) is 26.3 Å². The van der Waals surface area contributed by atoms with Crippen molar-refractivity contribution in [2.75, 3.05) is 24.2 Å². The van der Waals surface area contributed by atoms with Gasteiger partial charge in [-0.25, -0.2) is 13.2 Å². The number of benzene rings is 1. The standard InChI is InChI=1S/C12H17NO5S/c1-9(18-3)8-19(16,17)13(2)11-7-5-4-6-10(11)12(14)15/h4-7,9H,8H2,1-3H3,(H,14,15). The van der Waals surface area contributed by atoms with Gasteiger partial charge in [-0.1, -0.05) is 12.1 Å². The maximum absolute atomic E-state index is 12.1. The SMILES string of the molecule is COC(C)CS(=O)(=O)N(C)c1ccccc1C(=O)O. The normalized spacial score (nSPS) is 13.0. The average molecular weight is 287 g/mol. The van der Waals surface area contributed by atoms with Crippen LogP contribution in [0, 0.1) is 0 Å². The predicted octanol–water partition coefficient (Wildman–Crippen LogP) is 1.19. The summed E-state index contributed by atoms with van der Waals surface area (Å²) in [5.74, 6) is -1.38. The Morgan fingerprint density at radius 3 is 2.53 bits per heavy atom. The number of hydrogen-bond donors (Lipinski definition) is 1. The van der Waals surface area contributed by atoms with Crippen molar-refractivity contribution in [3.8, 4) is 0 Å². The summed E-state index contributed by atoms with van der Waals surface area (Å²) in [5.41, 5.74) is 0.0805. The molecule has 0 radical (unpaired) electrons. The van der Waals surface area contributed by atoms with E-state index >= 15 is 0 Å². The number of nitrogens with zero attached hydrogens (tertiary/aromatic N) is 1. The van der Waals surface area contributed by atoms with E-state index in [1.54, 1.807) is 19.1 Å². The number of sulfonamides is 1. The van der Waals surface area contributed by atoms with Crippen molar-refractivity contribution >= 4 is 21.7 Å². The first-order valence-electron chi connectivity index (χ1n) is 5.61. The summed E-state index contributed by atoms with van der Waals surface area (Å²) < 4.78 is 30.2. The minimum Gasteiger partial charge on any atom is -0.478 e. The van der Waals surface area contributed by atoms with Crippen LogP contribution in [0.5, 0.6) is 0 Å². The molecular weight excluding hydrogens is 270 g/mol. The lowest BCUT2D eigenvalue weighted by molar-refractivity contribution is 0.0698. The number of anilines is 1. The third kappa shape index (κ3) is 3.68. The van der Waals surface area contributed by atoms with Gasteiger partial charge < -0.3 is 9.84 Å². The second-order valence-corrected chi connectivity index (χ2v) is 6.16. The molecule has 0 amide bonds. The molecule has 0 aromatic heterocycles. The summed E-state index contributed by atoms with van der Waals surface area (Å²) in [7, 11) is -0.881. The minimum absolute atomic E-state index is 0.0568. The molecule has 0 aliphatic rings. The average Bonchev–Trinajstić information content (AvgIpc) is 2.37.